The van der Waals surface area contributed by atoms with Gasteiger partial charge >= 0.3 is 5.97 Å². The molecule has 0 amide bonds. The van der Waals surface area contributed by atoms with Gasteiger partial charge in [0.25, 0.3) is 5.56 Å². The minimum absolute atomic E-state index is 0.0806. The number of ether oxygens (including phenoxy) is 2. The molecule has 0 fully saturated rings. The van der Waals surface area contributed by atoms with Crippen molar-refractivity contribution < 1.29 is 14.3 Å². The van der Waals surface area contributed by atoms with Crippen molar-refractivity contribution in [2.24, 2.45) is 0 Å². The van der Waals surface area contributed by atoms with Gasteiger partial charge < -0.3 is 14.5 Å². The molecule has 0 radical (unpaired) electrons. The lowest BCUT2D eigenvalue weighted by Crippen LogP contribution is -2.18. The Morgan fingerprint density at radius 1 is 1.30 bits per heavy atom. The zero-order valence-corrected chi connectivity index (χ0v) is 16.1. The molecule has 1 aromatic carbocycles. The normalized spacial score (nSPS) is 13.0. The molecule has 4 rings (SSSR count). The number of aromatic amines is 1. The summed E-state index contributed by atoms with van der Waals surface area (Å²) in [6.07, 6.45) is 3.04. The molecular formula is C20H20N2O4S. The van der Waals surface area contributed by atoms with E-state index in [2.05, 4.69) is 9.97 Å². The third kappa shape index (κ3) is 3.47. The van der Waals surface area contributed by atoms with Gasteiger partial charge in [-0.3, -0.25) is 4.79 Å². The minimum atomic E-state index is -0.507. The van der Waals surface area contributed by atoms with Crippen LogP contribution in [0.15, 0.2) is 23.0 Å². The fraction of sp³-hybridized carbons (Fsp3) is 0.350. The number of aromatic nitrogens is 2. The first kappa shape index (κ1) is 17.7. The number of rotatable bonds is 5. The summed E-state index contributed by atoms with van der Waals surface area (Å²) in [5, 5.41) is 0.695. The van der Waals surface area contributed by atoms with Crippen molar-refractivity contribution in [1.82, 2.24) is 9.97 Å². The monoisotopic (exact) mass is 384 g/mol. The number of benzene rings is 1. The van der Waals surface area contributed by atoms with E-state index in [9.17, 15) is 9.59 Å². The van der Waals surface area contributed by atoms with Crippen molar-refractivity contribution in [3.05, 3.63) is 55.9 Å². The topological polar surface area (TPSA) is 81.3 Å². The Morgan fingerprint density at radius 3 is 3.00 bits per heavy atom. The molecule has 0 unspecified atom stereocenters. The third-order valence-electron chi connectivity index (χ3n) is 4.89. The second-order valence-corrected chi connectivity index (χ2v) is 7.78. The van der Waals surface area contributed by atoms with Gasteiger partial charge in [0.1, 0.15) is 23.0 Å². The fourth-order valence-corrected chi connectivity index (χ4v) is 4.60. The summed E-state index contributed by atoms with van der Waals surface area (Å²) in [4.78, 5) is 33.5. The molecule has 6 nitrogen and oxygen atoms in total. The Kier molecular flexibility index (Phi) is 4.70. The average Bonchev–Trinajstić information content (AvgIpc) is 3.21. The molecule has 1 N–H and O–H groups in total. The highest BCUT2D eigenvalue weighted by molar-refractivity contribution is 7.18. The number of fused-ring (bicyclic) bond motifs is 3. The summed E-state index contributed by atoms with van der Waals surface area (Å²) in [6, 6.07) is 5.68. The first-order valence-electron chi connectivity index (χ1n) is 8.91. The Balaban J connectivity index is 1.40. The van der Waals surface area contributed by atoms with Gasteiger partial charge in [0, 0.05) is 4.88 Å². The number of H-pyrrole nitrogens is 1. The number of thiophene rings is 1. The van der Waals surface area contributed by atoms with Crippen LogP contribution in [-0.2, 0) is 29.0 Å². The summed E-state index contributed by atoms with van der Waals surface area (Å²) in [5.41, 5.74) is 3.07. The number of nitrogens with zero attached hydrogens (tertiary/aromatic N) is 1. The molecule has 140 valence electrons. The van der Waals surface area contributed by atoms with Crippen LogP contribution >= 0.6 is 11.3 Å². The van der Waals surface area contributed by atoms with Crippen LogP contribution in [0, 0.1) is 13.8 Å². The van der Waals surface area contributed by atoms with Gasteiger partial charge in [-0.1, -0.05) is 12.1 Å². The first-order chi connectivity index (χ1) is 13.0. The molecule has 2 heterocycles. The predicted octanol–water partition coefficient (Wildman–Crippen LogP) is 3.21. The molecule has 1 aliphatic rings. The molecule has 0 atom stereocenters. The summed E-state index contributed by atoms with van der Waals surface area (Å²) in [5.74, 6) is 0.507. The van der Waals surface area contributed by atoms with Crippen LogP contribution in [-0.4, -0.2) is 22.5 Å². The second-order valence-electron chi connectivity index (χ2n) is 6.70. The van der Waals surface area contributed by atoms with Crippen molar-refractivity contribution in [1.29, 1.82) is 0 Å². The van der Waals surface area contributed by atoms with Crippen molar-refractivity contribution in [3.63, 3.8) is 0 Å². The van der Waals surface area contributed by atoms with Crippen molar-refractivity contribution in [2.75, 3.05) is 6.61 Å². The maximum Gasteiger partial charge on any atom is 0.344 e. The average molecular weight is 384 g/mol. The summed E-state index contributed by atoms with van der Waals surface area (Å²) < 4.78 is 10.7. The Bertz CT molecular complexity index is 1080. The van der Waals surface area contributed by atoms with E-state index in [1.807, 2.05) is 32.0 Å². The molecule has 0 bridgehead atoms. The van der Waals surface area contributed by atoms with Gasteiger partial charge in [-0.05, 0) is 55.9 Å². The smallest absolute Gasteiger partial charge is 0.344 e. The maximum atomic E-state index is 12.4. The van der Waals surface area contributed by atoms with Gasteiger partial charge in [0.2, 0.25) is 0 Å². The molecule has 27 heavy (non-hydrogen) atoms. The summed E-state index contributed by atoms with van der Waals surface area (Å²) in [6.45, 7) is 3.66. The van der Waals surface area contributed by atoms with E-state index in [1.165, 1.54) is 4.88 Å². The van der Waals surface area contributed by atoms with Gasteiger partial charge in [-0.25, -0.2) is 9.78 Å². The van der Waals surface area contributed by atoms with E-state index in [-0.39, 0.29) is 18.8 Å². The van der Waals surface area contributed by atoms with Crippen molar-refractivity contribution >= 4 is 27.5 Å². The summed E-state index contributed by atoms with van der Waals surface area (Å²) in [7, 11) is 0. The molecule has 0 aliphatic heterocycles. The first-order valence-corrected chi connectivity index (χ1v) is 9.72. The van der Waals surface area contributed by atoms with Crippen LogP contribution < -0.4 is 10.3 Å². The van der Waals surface area contributed by atoms with E-state index >= 15 is 0 Å². The lowest BCUT2D eigenvalue weighted by molar-refractivity contribution is -0.147. The van der Waals surface area contributed by atoms with Gasteiger partial charge in [0.05, 0.1) is 5.39 Å². The Labute approximate surface area is 160 Å². The Morgan fingerprint density at radius 2 is 2.15 bits per heavy atom. The second kappa shape index (κ2) is 7.15. The van der Waals surface area contributed by atoms with Crippen molar-refractivity contribution in [3.8, 4) is 5.75 Å². The summed E-state index contributed by atoms with van der Waals surface area (Å²) >= 11 is 1.56. The molecule has 1 aliphatic carbocycles. The zero-order valence-electron chi connectivity index (χ0n) is 15.3. The zero-order chi connectivity index (χ0) is 19.0. The van der Waals surface area contributed by atoms with Crippen LogP contribution in [0.4, 0.5) is 0 Å². The lowest BCUT2D eigenvalue weighted by Gasteiger charge is -2.10. The van der Waals surface area contributed by atoms with E-state index in [4.69, 9.17) is 9.47 Å². The fourth-order valence-electron chi connectivity index (χ4n) is 3.32. The highest BCUT2D eigenvalue weighted by Gasteiger charge is 2.21. The van der Waals surface area contributed by atoms with Crippen LogP contribution in [0.2, 0.25) is 0 Å². The van der Waals surface area contributed by atoms with Gasteiger partial charge in [-0.2, -0.15) is 0 Å². The lowest BCUT2D eigenvalue weighted by atomic mass is 10.1. The minimum Gasteiger partial charge on any atom is -0.482 e. The van der Waals surface area contributed by atoms with Crippen LogP contribution in [0.25, 0.3) is 10.2 Å². The van der Waals surface area contributed by atoms with E-state index in [1.54, 1.807) is 11.3 Å². The van der Waals surface area contributed by atoms with E-state index in [0.717, 1.165) is 40.8 Å². The number of carbonyl (C=O) groups excluding carboxylic acids is 1. The molecule has 7 heteroatoms. The molecule has 0 saturated carbocycles. The highest BCUT2D eigenvalue weighted by Crippen LogP contribution is 2.34. The Hall–Kier alpha value is -2.67. The SMILES string of the molecule is Cc1cccc(OCC(=O)OCc2nc3sc4c(c3c(=O)[nH]2)CCC4)c1C. The highest BCUT2D eigenvalue weighted by atomic mass is 32.1. The van der Waals surface area contributed by atoms with E-state index < -0.39 is 5.97 Å². The van der Waals surface area contributed by atoms with Crippen LogP contribution in [0.3, 0.4) is 0 Å². The predicted molar refractivity (Wildman–Crippen MR) is 103 cm³/mol. The maximum absolute atomic E-state index is 12.4. The number of hydrogen-bond acceptors (Lipinski definition) is 6. The number of carbonyl (C=O) groups is 1. The standard InChI is InChI=1S/C20H20N2O4S/c1-11-5-3-7-14(12(11)2)25-10-17(23)26-9-16-21-19(24)18-13-6-4-8-15(13)27-20(18)22-16/h3,5,7H,4,6,8-10H2,1-2H3,(H,21,22,24). The number of esters is 1. The number of hydrogen-bond donors (Lipinski definition) is 1. The quantitative estimate of drug-likeness (QED) is 0.683. The van der Waals surface area contributed by atoms with Crippen LogP contribution in [0.5, 0.6) is 5.75 Å². The molecule has 2 aromatic heterocycles. The molecular weight excluding hydrogens is 364 g/mol. The molecule has 0 saturated heterocycles. The van der Waals surface area contributed by atoms with Crippen molar-refractivity contribution in [2.45, 2.75) is 39.7 Å². The number of nitrogens with one attached hydrogen (secondary N) is 1. The molecule has 0 spiro atoms. The van der Waals surface area contributed by atoms with E-state index in [0.29, 0.717) is 17.0 Å². The van der Waals surface area contributed by atoms with Gasteiger partial charge in [-0.15, -0.1) is 11.3 Å². The third-order valence-corrected chi connectivity index (χ3v) is 6.08. The largest absolute Gasteiger partial charge is 0.482 e. The number of aryl methyl sites for hydroxylation is 3. The molecule has 3 aromatic rings. The van der Waals surface area contributed by atoms with Gasteiger partial charge in [0.15, 0.2) is 6.61 Å². The van der Waals surface area contributed by atoms with Crippen LogP contribution in [0.1, 0.15) is 33.8 Å².